The molecule has 0 saturated carbocycles. The van der Waals surface area contributed by atoms with E-state index in [1.165, 1.54) is 0 Å². The summed E-state index contributed by atoms with van der Waals surface area (Å²) in [5.41, 5.74) is 0. The van der Waals surface area contributed by atoms with Gasteiger partial charge >= 0.3 is 11.9 Å². The Morgan fingerprint density at radius 1 is 0.760 bits per heavy atom. The maximum absolute atomic E-state index is 11.8. The second-order valence-electron chi connectivity index (χ2n) is 6.06. The van der Waals surface area contributed by atoms with Crippen LogP contribution >= 0.6 is 0 Å². The molecule has 0 spiro atoms. The van der Waals surface area contributed by atoms with Crippen LogP contribution in [0.25, 0.3) is 0 Å². The van der Waals surface area contributed by atoms with E-state index in [1.807, 2.05) is 0 Å². The lowest BCUT2D eigenvalue weighted by Gasteiger charge is -2.13. The Labute approximate surface area is 151 Å². The van der Waals surface area contributed by atoms with Crippen molar-refractivity contribution in [3.8, 4) is 0 Å². The summed E-state index contributed by atoms with van der Waals surface area (Å²) in [6, 6.07) is 0. The Morgan fingerprint density at radius 3 is 1.44 bits per heavy atom. The number of hydrogen-bond donors (Lipinski definition) is 1. The Bertz CT molecular complexity index is 445. The molecule has 0 aromatic carbocycles. The van der Waals surface area contributed by atoms with Crippen LogP contribution in [0.3, 0.4) is 0 Å². The molecule has 0 heterocycles. The number of rotatable bonds is 15. The SMILES string of the molecule is CCCCCCCOC(=O)C(C(=O)OCCCCCCC)S(=O)(=O)O. The molecule has 7 nitrogen and oxygen atoms in total. The maximum atomic E-state index is 11.8. The summed E-state index contributed by atoms with van der Waals surface area (Å²) in [6.45, 7) is 4.18. The molecule has 0 aliphatic carbocycles. The fraction of sp³-hybridized carbons (Fsp3) is 0.882. The van der Waals surface area contributed by atoms with E-state index < -0.39 is 27.3 Å². The fourth-order valence-electron chi connectivity index (χ4n) is 2.25. The highest BCUT2D eigenvalue weighted by Gasteiger charge is 2.41. The van der Waals surface area contributed by atoms with E-state index in [1.54, 1.807) is 0 Å². The molecule has 25 heavy (non-hydrogen) atoms. The van der Waals surface area contributed by atoms with Crippen molar-refractivity contribution in [1.29, 1.82) is 0 Å². The Kier molecular flexibility index (Phi) is 13.4. The number of ether oxygens (including phenoxy) is 2. The van der Waals surface area contributed by atoms with Crippen LogP contribution in [0.15, 0.2) is 0 Å². The van der Waals surface area contributed by atoms with Crippen LogP contribution in [0.1, 0.15) is 78.1 Å². The summed E-state index contributed by atoms with van der Waals surface area (Å²) in [7, 11) is -4.92. The van der Waals surface area contributed by atoms with E-state index in [-0.39, 0.29) is 13.2 Å². The van der Waals surface area contributed by atoms with Gasteiger partial charge in [0, 0.05) is 0 Å². The number of esters is 2. The highest BCUT2D eigenvalue weighted by Crippen LogP contribution is 2.09. The van der Waals surface area contributed by atoms with Crippen molar-refractivity contribution in [1.82, 2.24) is 0 Å². The number of carbonyl (C=O) groups excluding carboxylic acids is 2. The largest absolute Gasteiger partial charge is 0.464 e. The van der Waals surface area contributed by atoms with Gasteiger partial charge in [-0.1, -0.05) is 65.2 Å². The third-order valence-electron chi connectivity index (χ3n) is 3.71. The average molecular weight is 381 g/mol. The van der Waals surface area contributed by atoms with Crippen molar-refractivity contribution in [2.24, 2.45) is 0 Å². The first-order chi connectivity index (χ1) is 11.8. The van der Waals surface area contributed by atoms with Crippen molar-refractivity contribution in [3.05, 3.63) is 0 Å². The van der Waals surface area contributed by atoms with Gasteiger partial charge in [0.2, 0.25) is 0 Å². The van der Waals surface area contributed by atoms with Gasteiger partial charge < -0.3 is 9.47 Å². The zero-order valence-electron chi connectivity index (χ0n) is 15.4. The van der Waals surface area contributed by atoms with Crippen molar-refractivity contribution in [3.63, 3.8) is 0 Å². The quantitative estimate of drug-likeness (QED) is 0.201. The van der Waals surface area contributed by atoms with Crippen LogP contribution in [0.2, 0.25) is 0 Å². The first-order valence-corrected chi connectivity index (χ1v) is 10.6. The minimum atomic E-state index is -4.92. The van der Waals surface area contributed by atoms with Crippen LogP contribution < -0.4 is 0 Å². The first-order valence-electron chi connectivity index (χ1n) is 9.14. The fourth-order valence-corrected chi connectivity index (χ4v) is 2.87. The molecule has 148 valence electrons. The van der Waals surface area contributed by atoms with E-state index in [4.69, 9.17) is 14.0 Å². The van der Waals surface area contributed by atoms with Crippen LogP contribution in [0.4, 0.5) is 0 Å². The molecule has 0 unspecified atom stereocenters. The molecule has 0 rings (SSSR count). The van der Waals surface area contributed by atoms with E-state index in [2.05, 4.69) is 13.8 Å². The lowest BCUT2D eigenvalue weighted by atomic mass is 10.2. The average Bonchev–Trinajstić information content (AvgIpc) is 2.53. The molecule has 0 aromatic heterocycles. The first kappa shape index (κ1) is 23.9. The van der Waals surface area contributed by atoms with Crippen molar-refractivity contribution >= 4 is 22.1 Å². The topological polar surface area (TPSA) is 107 Å². The molecule has 0 saturated heterocycles. The van der Waals surface area contributed by atoms with Gasteiger partial charge in [-0.15, -0.1) is 0 Å². The smallest absolute Gasteiger partial charge is 0.338 e. The van der Waals surface area contributed by atoms with Crippen LogP contribution in [0, 0.1) is 0 Å². The van der Waals surface area contributed by atoms with E-state index in [0.717, 1.165) is 51.4 Å². The normalized spacial score (nSPS) is 11.5. The number of carbonyl (C=O) groups is 2. The molecule has 0 amide bonds. The lowest BCUT2D eigenvalue weighted by molar-refractivity contribution is -0.154. The molecule has 1 N–H and O–H groups in total. The second-order valence-corrected chi connectivity index (χ2v) is 7.56. The summed E-state index contributed by atoms with van der Waals surface area (Å²) in [5, 5.41) is -2.32. The molecule has 8 heteroatoms. The zero-order valence-corrected chi connectivity index (χ0v) is 16.2. The third kappa shape index (κ3) is 11.9. The van der Waals surface area contributed by atoms with Gasteiger partial charge in [-0.25, -0.2) is 9.59 Å². The van der Waals surface area contributed by atoms with Crippen molar-refractivity contribution in [2.45, 2.75) is 83.3 Å². The molecule has 0 aliphatic rings. The van der Waals surface area contributed by atoms with Gasteiger partial charge in [0.1, 0.15) is 0 Å². The summed E-state index contributed by atoms with van der Waals surface area (Å²) >= 11 is 0. The predicted molar refractivity (Wildman–Crippen MR) is 94.8 cm³/mol. The molecular weight excluding hydrogens is 348 g/mol. The van der Waals surface area contributed by atoms with Gasteiger partial charge in [-0.2, -0.15) is 8.42 Å². The molecular formula is C17H32O7S. The standard InChI is InChI=1S/C17H32O7S/c1-3-5-7-9-11-13-23-16(18)15(25(20,21)22)17(19)24-14-12-10-8-6-4-2/h15H,3-14H2,1-2H3,(H,20,21,22). The van der Waals surface area contributed by atoms with Gasteiger partial charge in [0.25, 0.3) is 15.4 Å². The van der Waals surface area contributed by atoms with Crippen LogP contribution in [-0.2, 0) is 29.2 Å². The summed E-state index contributed by atoms with van der Waals surface area (Å²) < 4.78 is 41.4. The van der Waals surface area contributed by atoms with Crippen LogP contribution in [-0.4, -0.2) is 43.4 Å². The maximum Gasteiger partial charge on any atom is 0.338 e. The van der Waals surface area contributed by atoms with Crippen LogP contribution in [0.5, 0.6) is 0 Å². The number of hydrogen-bond acceptors (Lipinski definition) is 6. The monoisotopic (exact) mass is 380 g/mol. The molecule has 0 aliphatic heterocycles. The molecule has 0 atom stereocenters. The summed E-state index contributed by atoms with van der Waals surface area (Å²) in [4.78, 5) is 23.7. The minimum Gasteiger partial charge on any atom is -0.464 e. The summed E-state index contributed by atoms with van der Waals surface area (Å²) in [6.07, 6.45) is 9.15. The lowest BCUT2D eigenvalue weighted by Crippen LogP contribution is -2.40. The Hall–Kier alpha value is -1.15. The highest BCUT2D eigenvalue weighted by molar-refractivity contribution is 7.88. The Morgan fingerprint density at radius 2 is 1.12 bits per heavy atom. The summed E-state index contributed by atoms with van der Waals surface area (Å²) in [5.74, 6) is -2.57. The Balaban J connectivity index is 4.30. The molecule has 0 radical (unpaired) electrons. The van der Waals surface area contributed by atoms with E-state index in [9.17, 15) is 18.0 Å². The van der Waals surface area contributed by atoms with Gasteiger partial charge in [0.05, 0.1) is 13.2 Å². The van der Waals surface area contributed by atoms with E-state index >= 15 is 0 Å². The zero-order chi connectivity index (χ0) is 19.1. The third-order valence-corrected chi connectivity index (χ3v) is 4.69. The van der Waals surface area contributed by atoms with E-state index in [0.29, 0.717) is 12.8 Å². The van der Waals surface area contributed by atoms with Gasteiger partial charge in [-0.05, 0) is 12.8 Å². The van der Waals surface area contributed by atoms with Crippen molar-refractivity contribution < 1.29 is 32.0 Å². The molecule has 0 aromatic rings. The molecule has 0 fully saturated rings. The minimum absolute atomic E-state index is 0.0128. The highest BCUT2D eigenvalue weighted by atomic mass is 32.2. The number of unbranched alkanes of at least 4 members (excludes halogenated alkanes) is 8. The van der Waals surface area contributed by atoms with Gasteiger partial charge in [0.15, 0.2) is 0 Å². The van der Waals surface area contributed by atoms with Crippen molar-refractivity contribution in [2.75, 3.05) is 13.2 Å². The van der Waals surface area contributed by atoms with Gasteiger partial charge in [-0.3, -0.25) is 4.55 Å². The second kappa shape index (κ2) is 14.1. The predicted octanol–water partition coefficient (Wildman–Crippen LogP) is 3.27. The molecule has 0 bridgehead atoms.